The Labute approximate surface area is 72.1 Å². The van der Waals surface area contributed by atoms with Gasteiger partial charge in [0.2, 0.25) is 0 Å². The van der Waals surface area contributed by atoms with Crippen molar-refractivity contribution in [3.63, 3.8) is 0 Å². The van der Waals surface area contributed by atoms with Crippen LogP contribution in [0.4, 0.5) is 0 Å². The fourth-order valence-corrected chi connectivity index (χ4v) is 1.51. The van der Waals surface area contributed by atoms with Gasteiger partial charge in [0.25, 0.3) is 0 Å². The van der Waals surface area contributed by atoms with Crippen LogP contribution in [0.1, 0.15) is 0 Å². The van der Waals surface area contributed by atoms with Gasteiger partial charge >= 0.3 is 71.6 Å². The second-order valence-corrected chi connectivity index (χ2v) is 3.90. The molecule has 0 bridgehead atoms. The average molecular weight is 226 g/mol. The number of rotatable bonds is 5. The van der Waals surface area contributed by atoms with Crippen LogP contribution in [0.5, 0.6) is 0 Å². The molecule has 0 aromatic rings. The Morgan fingerprint density at radius 1 is 1.73 bits per heavy atom. The van der Waals surface area contributed by atoms with Gasteiger partial charge in [0.15, 0.2) is 0 Å². The zero-order valence-electron chi connectivity index (χ0n) is 6.41. The number of carbonyl (C=O) groups is 1. The molecule has 0 heterocycles. The monoisotopic (exact) mass is 227 g/mol. The second kappa shape index (κ2) is 6.61. The first-order chi connectivity index (χ1) is 5.22. The van der Waals surface area contributed by atoms with Gasteiger partial charge in [-0.2, -0.15) is 0 Å². The first kappa shape index (κ1) is 10.9. The molecule has 11 heavy (non-hydrogen) atoms. The molecule has 0 spiro atoms. The summed E-state index contributed by atoms with van der Waals surface area (Å²) < 4.78 is 0. The summed E-state index contributed by atoms with van der Waals surface area (Å²) in [5.74, 6) is 1.57. The summed E-state index contributed by atoms with van der Waals surface area (Å²) in [5, 5.41) is 20.3. The Hall–Kier alpha value is -0.0905. The maximum atomic E-state index is 10.8. The summed E-state index contributed by atoms with van der Waals surface area (Å²) in [6.45, 7) is 0.127. The van der Waals surface area contributed by atoms with E-state index in [4.69, 9.17) is 10.2 Å². The van der Waals surface area contributed by atoms with Crippen LogP contribution < -0.4 is 5.32 Å². The minimum absolute atomic E-state index is 0.0876. The maximum absolute atomic E-state index is 10.8. The Balaban J connectivity index is 3.47. The molecule has 1 atom stereocenters. The number of hydrogen-bond acceptors (Lipinski definition) is 3. The molecule has 0 aromatic carbocycles. The van der Waals surface area contributed by atoms with E-state index < -0.39 is 6.10 Å². The van der Waals surface area contributed by atoms with Gasteiger partial charge in [-0.1, -0.05) is 0 Å². The van der Waals surface area contributed by atoms with Crippen LogP contribution in [0.25, 0.3) is 0 Å². The van der Waals surface area contributed by atoms with Gasteiger partial charge in [-0.25, -0.2) is 0 Å². The van der Waals surface area contributed by atoms with Crippen molar-refractivity contribution in [2.45, 2.75) is 17.2 Å². The van der Waals surface area contributed by atoms with E-state index >= 15 is 0 Å². The zero-order valence-corrected chi connectivity index (χ0v) is 8.12. The van der Waals surface area contributed by atoms with Crippen LogP contribution in [0.3, 0.4) is 0 Å². The minimum atomic E-state index is -0.897. The summed E-state index contributed by atoms with van der Waals surface area (Å²) >= 11 is 0.302. The van der Waals surface area contributed by atoms with Crippen molar-refractivity contribution in [2.75, 3.05) is 13.2 Å². The molecule has 0 aliphatic rings. The molecule has 0 aliphatic heterocycles. The van der Waals surface area contributed by atoms with E-state index in [2.05, 4.69) is 5.32 Å². The van der Waals surface area contributed by atoms with Crippen molar-refractivity contribution in [3.8, 4) is 0 Å². The molecule has 0 saturated heterocycles. The molecule has 5 heteroatoms. The Morgan fingerprint density at radius 2 is 2.36 bits per heavy atom. The Kier molecular flexibility index (Phi) is 6.55. The van der Waals surface area contributed by atoms with Crippen molar-refractivity contribution in [2.24, 2.45) is 0 Å². The summed E-state index contributed by atoms with van der Waals surface area (Å²) in [4.78, 5) is 10.8. The van der Waals surface area contributed by atoms with Gasteiger partial charge < -0.3 is 0 Å². The van der Waals surface area contributed by atoms with E-state index in [0.29, 0.717) is 20.3 Å². The van der Waals surface area contributed by atoms with Crippen LogP contribution in [0.2, 0.25) is 11.1 Å². The summed E-state index contributed by atoms with van der Waals surface area (Å²) in [6, 6.07) is 0. The molecule has 3 N–H and O–H groups in total. The van der Waals surface area contributed by atoms with E-state index in [9.17, 15) is 4.79 Å². The van der Waals surface area contributed by atoms with E-state index in [0.717, 1.165) is 0 Å². The fraction of sp³-hybridized carbons (Fsp3) is 0.833. The van der Waals surface area contributed by atoms with Crippen LogP contribution in [0.15, 0.2) is 0 Å². The van der Waals surface area contributed by atoms with Gasteiger partial charge in [-0.3, -0.25) is 0 Å². The standard InChI is InChI=1S/C6H13NO3Se/c1-11-4-5(9)6(10)7-2-3-8/h5,8-9H,2-4H2,1H3,(H,7,10). The number of aliphatic hydroxyl groups excluding tert-OH is 2. The molecular weight excluding hydrogens is 213 g/mol. The number of amides is 1. The second-order valence-electron chi connectivity index (χ2n) is 1.99. The molecule has 0 saturated carbocycles. The van der Waals surface area contributed by atoms with Crippen molar-refractivity contribution in [1.29, 1.82) is 0 Å². The summed E-state index contributed by atoms with van der Waals surface area (Å²) in [6.07, 6.45) is -0.897. The van der Waals surface area contributed by atoms with Crippen molar-refractivity contribution < 1.29 is 15.0 Å². The van der Waals surface area contributed by atoms with E-state index in [1.165, 1.54) is 0 Å². The molecule has 0 radical (unpaired) electrons. The molecular formula is C6H13NO3Se. The van der Waals surface area contributed by atoms with Crippen molar-refractivity contribution in [1.82, 2.24) is 5.32 Å². The summed E-state index contributed by atoms with van der Waals surface area (Å²) in [7, 11) is 0. The predicted molar refractivity (Wildman–Crippen MR) is 42.5 cm³/mol. The van der Waals surface area contributed by atoms with Crippen LogP contribution in [0, 0.1) is 0 Å². The number of aliphatic hydroxyl groups is 2. The quantitative estimate of drug-likeness (QED) is 0.506. The molecule has 66 valence electrons. The molecule has 0 fully saturated rings. The Morgan fingerprint density at radius 3 is 2.82 bits per heavy atom. The Bertz CT molecular complexity index is 120. The van der Waals surface area contributed by atoms with Gasteiger partial charge in [0, 0.05) is 0 Å². The third-order valence-corrected chi connectivity index (χ3v) is 2.40. The zero-order chi connectivity index (χ0) is 8.69. The van der Waals surface area contributed by atoms with E-state index in [1.54, 1.807) is 0 Å². The van der Waals surface area contributed by atoms with Gasteiger partial charge in [-0.05, 0) is 0 Å². The van der Waals surface area contributed by atoms with Gasteiger partial charge in [-0.15, -0.1) is 0 Å². The van der Waals surface area contributed by atoms with Crippen LogP contribution in [-0.4, -0.2) is 50.3 Å². The molecule has 0 aliphatic carbocycles. The van der Waals surface area contributed by atoms with Gasteiger partial charge in [0.1, 0.15) is 0 Å². The van der Waals surface area contributed by atoms with E-state index in [-0.39, 0.29) is 19.1 Å². The third-order valence-electron chi connectivity index (χ3n) is 1.04. The fourth-order valence-electron chi connectivity index (χ4n) is 0.530. The van der Waals surface area contributed by atoms with Gasteiger partial charge in [0.05, 0.1) is 0 Å². The average Bonchev–Trinajstić information content (AvgIpc) is 2.00. The molecule has 0 aromatic heterocycles. The third kappa shape index (κ3) is 5.21. The molecule has 0 rings (SSSR count). The topological polar surface area (TPSA) is 69.6 Å². The first-order valence-corrected chi connectivity index (χ1v) is 6.20. The SMILES string of the molecule is C[Se]CC(O)C(=O)NCCO. The molecule has 1 unspecified atom stereocenters. The number of nitrogens with one attached hydrogen (secondary N) is 1. The molecule has 4 nitrogen and oxygen atoms in total. The van der Waals surface area contributed by atoms with Crippen molar-refractivity contribution in [3.05, 3.63) is 0 Å². The van der Waals surface area contributed by atoms with Crippen LogP contribution in [-0.2, 0) is 4.79 Å². The number of hydrogen-bond donors (Lipinski definition) is 3. The van der Waals surface area contributed by atoms with E-state index in [1.807, 2.05) is 5.82 Å². The normalized spacial score (nSPS) is 12.6. The van der Waals surface area contributed by atoms with Crippen molar-refractivity contribution >= 4 is 20.9 Å². The first-order valence-electron chi connectivity index (χ1n) is 3.28. The summed E-state index contributed by atoms with van der Waals surface area (Å²) in [5.41, 5.74) is 0. The molecule has 1 amide bonds. The number of carbonyl (C=O) groups excluding carboxylic acids is 1. The van der Waals surface area contributed by atoms with Crippen LogP contribution >= 0.6 is 0 Å². The predicted octanol–water partition coefficient (Wildman–Crippen LogP) is -1.37.